The van der Waals surface area contributed by atoms with Crippen LogP contribution in [0.2, 0.25) is 0 Å². The third-order valence-electron chi connectivity index (χ3n) is 2.52. The summed E-state index contributed by atoms with van der Waals surface area (Å²) < 4.78 is 1.16. The summed E-state index contributed by atoms with van der Waals surface area (Å²) in [5.41, 5.74) is 0. The van der Waals surface area contributed by atoms with Crippen molar-refractivity contribution in [3.05, 3.63) is 33.5 Å². The van der Waals surface area contributed by atoms with Crippen molar-refractivity contribution in [2.24, 2.45) is 4.99 Å². The monoisotopic (exact) mass is 457 g/mol. The van der Waals surface area contributed by atoms with Crippen LogP contribution in [-0.2, 0) is 6.54 Å². The van der Waals surface area contributed by atoms with Gasteiger partial charge in [0.15, 0.2) is 5.96 Å². The van der Waals surface area contributed by atoms with E-state index in [-0.39, 0.29) is 24.0 Å². The van der Waals surface area contributed by atoms with Crippen LogP contribution in [0.3, 0.4) is 0 Å². The second-order valence-electron chi connectivity index (χ2n) is 3.96. The number of hydrogen-bond donors (Lipinski definition) is 1. The van der Waals surface area contributed by atoms with Gasteiger partial charge in [0.05, 0.1) is 10.3 Å². The van der Waals surface area contributed by atoms with E-state index in [9.17, 15) is 0 Å². The van der Waals surface area contributed by atoms with Gasteiger partial charge in [-0.25, -0.2) is 0 Å². The van der Waals surface area contributed by atoms with Gasteiger partial charge in [0.1, 0.15) is 0 Å². The van der Waals surface area contributed by atoms with Crippen molar-refractivity contribution in [2.45, 2.75) is 19.4 Å². The van der Waals surface area contributed by atoms with Crippen LogP contribution >= 0.6 is 51.2 Å². The minimum atomic E-state index is 0. The predicted molar refractivity (Wildman–Crippen MR) is 99.7 cm³/mol. The predicted octanol–water partition coefficient (Wildman–Crippen LogP) is 4.10. The van der Waals surface area contributed by atoms with Gasteiger partial charge in [-0.2, -0.15) is 0 Å². The van der Waals surface area contributed by atoms with Crippen LogP contribution in [-0.4, -0.2) is 31.5 Å². The van der Waals surface area contributed by atoms with Crippen LogP contribution in [0.4, 0.5) is 0 Å². The fourth-order valence-electron chi connectivity index (χ4n) is 1.58. The molecule has 1 heterocycles. The fraction of sp³-hybridized carbons (Fsp3) is 0.462. The lowest BCUT2D eigenvalue weighted by molar-refractivity contribution is 0.470. The maximum Gasteiger partial charge on any atom is 0.193 e. The molecule has 0 aliphatic heterocycles. The number of nitrogens with zero attached hydrogens (tertiary/aromatic N) is 2. The minimum absolute atomic E-state index is 0. The molecule has 19 heavy (non-hydrogen) atoms. The highest BCUT2D eigenvalue weighted by Gasteiger charge is 2.05. The summed E-state index contributed by atoms with van der Waals surface area (Å²) >= 11 is 5.21. The van der Waals surface area contributed by atoms with Gasteiger partial charge in [0.25, 0.3) is 0 Å². The molecule has 0 spiro atoms. The van der Waals surface area contributed by atoms with Crippen molar-refractivity contribution in [3.63, 3.8) is 0 Å². The molecule has 0 unspecified atom stereocenters. The molecule has 1 rings (SSSR count). The molecule has 0 aliphatic rings. The lowest BCUT2D eigenvalue weighted by atomic mass is 10.3. The zero-order chi connectivity index (χ0) is 13.4. The molecule has 108 valence electrons. The van der Waals surface area contributed by atoms with Crippen LogP contribution < -0.4 is 5.32 Å². The normalized spacial score (nSPS) is 10.8. The summed E-state index contributed by atoms with van der Waals surface area (Å²) in [7, 11) is 3.87. The van der Waals surface area contributed by atoms with E-state index in [4.69, 9.17) is 0 Å². The van der Waals surface area contributed by atoms with Crippen molar-refractivity contribution in [1.29, 1.82) is 0 Å². The molecule has 0 fully saturated rings. The first-order valence-electron chi connectivity index (χ1n) is 5.94. The van der Waals surface area contributed by atoms with Crippen LogP contribution in [0.25, 0.3) is 0 Å². The summed E-state index contributed by atoms with van der Waals surface area (Å²) in [6.07, 6.45) is 4.09. The van der Waals surface area contributed by atoms with Gasteiger partial charge in [-0.15, -0.1) is 41.9 Å². The Morgan fingerprint density at radius 2 is 2.32 bits per heavy atom. The van der Waals surface area contributed by atoms with Crippen molar-refractivity contribution in [1.82, 2.24) is 10.2 Å². The smallest absolute Gasteiger partial charge is 0.193 e. The Bertz CT molecular complexity index is 406. The highest BCUT2D eigenvalue weighted by Crippen LogP contribution is 2.21. The van der Waals surface area contributed by atoms with Gasteiger partial charge >= 0.3 is 0 Å². The molecule has 0 aromatic carbocycles. The van der Waals surface area contributed by atoms with E-state index in [0.717, 1.165) is 35.7 Å². The third kappa shape index (κ3) is 7.31. The maximum absolute atomic E-state index is 4.29. The summed E-state index contributed by atoms with van der Waals surface area (Å²) in [4.78, 5) is 7.73. The molecule has 6 heteroatoms. The first kappa shape index (κ1) is 18.9. The van der Waals surface area contributed by atoms with Gasteiger partial charge in [-0.3, -0.25) is 4.99 Å². The van der Waals surface area contributed by atoms with Crippen molar-refractivity contribution in [3.8, 4) is 0 Å². The van der Waals surface area contributed by atoms with Gasteiger partial charge in [-0.1, -0.05) is 6.08 Å². The molecular weight excluding hydrogens is 437 g/mol. The average molecular weight is 458 g/mol. The van der Waals surface area contributed by atoms with Crippen LogP contribution in [0.1, 0.15) is 17.7 Å². The van der Waals surface area contributed by atoms with Crippen LogP contribution in [0, 0.1) is 0 Å². The molecule has 0 saturated heterocycles. The lowest BCUT2D eigenvalue weighted by Crippen LogP contribution is -2.38. The first-order valence-corrected chi connectivity index (χ1v) is 7.55. The Morgan fingerprint density at radius 1 is 1.58 bits per heavy atom. The number of allylic oxidation sites excluding steroid dienone is 1. The highest BCUT2D eigenvalue weighted by atomic mass is 127. The van der Waals surface area contributed by atoms with E-state index in [0.29, 0.717) is 0 Å². The van der Waals surface area contributed by atoms with Crippen molar-refractivity contribution >= 4 is 57.2 Å². The quantitative estimate of drug-likeness (QED) is 0.229. The molecule has 0 saturated carbocycles. The Morgan fingerprint density at radius 3 is 2.84 bits per heavy atom. The summed E-state index contributed by atoms with van der Waals surface area (Å²) in [6.45, 7) is 5.53. The van der Waals surface area contributed by atoms with Gasteiger partial charge in [0.2, 0.25) is 0 Å². The Labute approximate surface area is 145 Å². The number of halogens is 2. The standard InChI is InChI=1S/C13H20BrN3S.HI/c1-4-5-6-9-17(3)13(15-2)16-10-11-7-8-12(14)18-11;/h4,7-8H,1,5-6,9-10H2,2-3H3,(H,15,16);1H. The van der Waals surface area contributed by atoms with E-state index in [2.05, 4.69) is 56.9 Å². The number of rotatable bonds is 6. The number of guanidine groups is 1. The van der Waals surface area contributed by atoms with Crippen molar-refractivity contribution in [2.75, 3.05) is 20.6 Å². The molecular formula is C13H21BrIN3S. The second-order valence-corrected chi connectivity index (χ2v) is 6.51. The average Bonchev–Trinajstić information content (AvgIpc) is 2.76. The van der Waals surface area contributed by atoms with Gasteiger partial charge < -0.3 is 10.2 Å². The SMILES string of the molecule is C=CCCCN(C)C(=NC)NCc1ccc(Br)s1.I. The molecule has 0 atom stereocenters. The van der Waals surface area contributed by atoms with E-state index in [1.165, 1.54) is 4.88 Å². The molecule has 0 amide bonds. The number of nitrogens with one attached hydrogen (secondary N) is 1. The Hall–Kier alpha value is -0.0800. The van der Waals surface area contributed by atoms with E-state index in [1.54, 1.807) is 11.3 Å². The molecule has 1 aromatic heterocycles. The summed E-state index contributed by atoms with van der Waals surface area (Å²) in [6, 6.07) is 4.19. The topological polar surface area (TPSA) is 27.6 Å². The molecule has 1 aromatic rings. The Kier molecular flexibility index (Phi) is 10.6. The third-order valence-corrected chi connectivity index (χ3v) is 4.15. The van der Waals surface area contributed by atoms with Gasteiger partial charge in [-0.05, 0) is 40.9 Å². The largest absolute Gasteiger partial charge is 0.351 e. The number of thiophene rings is 1. The second kappa shape index (κ2) is 10.7. The molecule has 3 nitrogen and oxygen atoms in total. The van der Waals surface area contributed by atoms with Crippen molar-refractivity contribution < 1.29 is 0 Å². The van der Waals surface area contributed by atoms with Gasteiger partial charge in [0, 0.05) is 25.5 Å². The maximum atomic E-state index is 4.29. The van der Waals surface area contributed by atoms with E-state index >= 15 is 0 Å². The minimum Gasteiger partial charge on any atom is -0.351 e. The van der Waals surface area contributed by atoms with Crippen LogP contribution in [0.15, 0.2) is 33.6 Å². The number of aliphatic imine (C=N–C) groups is 1. The summed E-state index contributed by atoms with van der Waals surface area (Å²) in [5, 5.41) is 3.37. The van der Waals surface area contributed by atoms with E-state index < -0.39 is 0 Å². The molecule has 0 radical (unpaired) electrons. The Balaban J connectivity index is 0.00000324. The zero-order valence-corrected chi connectivity index (χ0v) is 16.1. The molecule has 0 aliphatic carbocycles. The summed E-state index contributed by atoms with van der Waals surface area (Å²) in [5.74, 6) is 0.934. The fourth-order valence-corrected chi connectivity index (χ4v) is 3.00. The van der Waals surface area contributed by atoms with Crippen LogP contribution in [0.5, 0.6) is 0 Å². The number of hydrogen-bond acceptors (Lipinski definition) is 2. The number of unbranched alkanes of at least 4 members (excludes halogenated alkanes) is 1. The lowest BCUT2D eigenvalue weighted by Gasteiger charge is -2.21. The first-order chi connectivity index (χ1) is 8.67. The van der Waals surface area contributed by atoms with E-state index in [1.807, 2.05) is 13.1 Å². The zero-order valence-electron chi connectivity index (χ0n) is 11.4. The molecule has 1 N–H and O–H groups in total. The highest BCUT2D eigenvalue weighted by molar-refractivity contribution is 14.0. The molecule has 0 bridgehead atoms.